The van der Waals surface area contributed by atoms with Crippen LogP contribution >= 0.6 is 11.3 Å². The van der Waals surface area contributed by atoms with Gasteiger partial charge >= 0.3 is 6.09 Å². The summed E-state index contributed by atoms with van der Waals surface area (Å²) in [4.78, 5) is 35.2. The van der Waals surface area contributed by atoms with Gasteiger partial charge < -0.3 is 9.57 Å². The van der Waals surface area contributed by atoms with Gasteiger partial charge in [-0.1, -0.05) is 50.5 Å². The second kappa shape index (κ2) is 9.67. The number of benzene rings is 1. The first kappa shape index (κ1) is 21.7. The van der Waals surface area contributed by atoms with Crippen LogP contribution in [0.1, 0.15) is 54.7 Å². The highest BCUT2D eigenvalue weighted by Crippen LogP contribution is 2.26. The van der Waals surface area contributed by atoms with Gasteiger partial charge in [0, 0.05) is 22.9 Å². The Labute approximate surface area is 179 Å². The minimum Gasteiger partial charge on any atom is -0.449 e. The average molecular weight is 428 g/mol. The number of para-hydroxylation sites is 1. The molecule has 0 radical (unpaired) electrons. The van der Waals surface area contributed by atoms with Crippen LogP contribution in [0.15, 0.2) is 41.0 Å². The van der Waals surface area contributed by atoms with Gasteiger partial charge in [0.1, 0.15) is 12.8 Å². The van der Waals surface area contributed by atoms with E-state index >= 15 is 0 Å². The van der Waals surface area contributed by atoms with Gasteiger partial charge in [0.05, 0.1) is 23.4 Å². The van der Waals surface area contributed by atoms with E-state index in [0.29, 0.717) is 39.5 Å². The fourth-order valence-electron chi connectivity index (χ4n) is 3.04. The lowest BCUT2D eigenvalue weighted by Gasteiger charge is -2.05. The molecule has 0 aliphatic rings. The number of thiazole rings is 1. The van der Waals surface area contributed by atoms with Crippen molar-refractivity contribution in [3.8, 4) is 0 Å². The molecule has 30 heavy (non-hydrogen) atoms. The number of nitrogens with zero attached hydrogens (tertiary/aromatic N) is 3. The summed E-state index contributed by atoms with van der Waals surface area (Å²) in [6.07, 6.45) is 2.77. The number of fused-ring (bicyclic) bond motifs is 1. The predicted octanol–water partition coefficient (Wildman–Crippen LogP) is 5.12. The van der Waals surface area contributed by atoms with Crippen LogP contribution in [-0.2, 0) is 9.57 Å². The molecule has 0 saturated carbocycles. The Balaban J connectivity index is 1.96. The maximum Gasteiger partial charge on any atom is 0.418 e. The average Bonchev–Trinajstić information content (AvgIpc) is 3.37. The van der Waals surface area contributed by atoms with Gasteiger partial charge in [-0.2, -0.15) is 0 Å². The second-order valence-electron chi connectivity index (χ2n) is 7.08. The van der Waals surface area contributed by atoms with Gasteiger partial charge in [-0.25, -0.2) is 9.78 Å². The zero-order valence-electron chi connectivity index (χ0n) is 17.5. The third kappa shape index (κ3) is 4.43. The van der Waals surface area contributed by atoms with Crippen LogP contribution in [0.2, 0.25) is 0 Å². The van der Waals surface area contributed by atoms with Crippen molar-refractivity contribution in [2.75, 3.05) is 13.7 Å². The van der Waals surface area contributed by atoms with Gasteiger partial charge in [-0.05, 0) is 12.5 Å². The number of hydrogen-bond acceptors (Lipinski definition) is 7. The largest absolute Gasteiger partial charge is 0.449 e. The van der Waals surface area contributed by atoms with E-state index in [1.807, 2.05) is 39.0 Å². The van der Waals surface area contributed by atoms with Crippen LogP contribution < -0.4 is 0 Å². The molecule has 0 aliphatic heterocycles. The smallest absolute Gasteiger partial charge is 0.418 e. The van der Waals surface area contributed by atoms with E-state index in [1.54, 1.807) is 11.4 Å². The molecule has 0 spiro atoms. The van der Waals surface area contributed by atoms with E-state index in [-0.39, 0.29) is 11.7 Å². The summed E-state index contributed by atoms with van der Waals surface area (Å²) in [5.41, 5.74) is 2.33. The van der Waals surface area contributed by atoms with Crippen molar-refractivity contribution >= 4 is 39.8 Å². The lowest BCUT2D eigenvalue weighted by Crippen LogP contribution is -2.13. The topological polar surface area (TPSA) is 82.8 Å². The molecule has 0 amide bonds. The van der Waals surface area contributed by atoms with E-state index in [2.05, 4.69) is 10.1 Å². The summed E-state index contributed by atoms with van der Waals surface area (Å²) in [7, 11) is 1.48. The molecule has 0 bridgehead atoms. The minimum absolute atomic E-state index is 0.0924. The molecule has 7 nitrogen and oxygen atoms in total. The molecular formula is C22H25N3O4S. The third-order valence-corrected chi connectivity index (χ3v) is 5.42. The number of hydrogen-bond donors (Lipinski definition) is 0. The van der Waals surface area contributed by atoms with Crippen LogP contribution in [-0.4, -0.2) is 40.9 Å². The van der Waals surface area contributed by atoms with Crippen molar-refractivity contribution in [2.24, 2.45) is 11.1 Å². The Morgan fingerprint density at radius 1 is 1.27 bits per heavy atom. The third-order valence-electron chi connectivity index (χ3n) is 4.57. The Morgan fingerprint density at radius 2 is 2.03 bits per heavy atom. The molecule has 2 aromatic heterocycles. The van der Waals surface area contributed by atoms with Crippen LogP contribution in [0.3, 0.4) is 0 Å². The Bertz CT molecular complexity index is 1080. The van der Waals surface area contributed by atoms with Crippen molar-refractivity contribution in [3.05, 3.63) is 52.1 Å². The van der Waals surface area contributed by atoms with Crippen molar-refractivity contribution in [1.82, 2.24) is 9.55 Å². The van der Waals surface area contributed by atoms with Gasteiger partial charge in [0.25, 0.3) is 0 Å². The summed E-state index contributed by atoms with van der Waals surface area (Å²) in [5.74, 6) is -0.155. The fourth-order valence-corrected chi connectivity index (χ4v) is 3.81. The van der Waals surface area contributed by atoms with E-state index in [1.165, 1.54) is 29.2 Å². The van der Waals surface area contributed by atoms with Crippen molar-refractivity contribution in [3.63, 3.8) is 0 Å². The van der Waals surface area contributed by atoms with E-state index in [9.17, 15) is 9.59 Å². The second-order valence-corrected chi connectivity index (χ2v) is 7.94. The number of carbonyl (C=O) groups excluding carboxylic acids is 2. The van der Waals surface area contributed by atoms with E-state index in [0.717, 1.165) is 12.8 Å². The standard InChI is InChI=1S/C22H25N3O4S/c1-5-6-11-29-22(27)25-12-16(15-9-7-8-10-18(15)25)20(26)21-23-17(13-30-21)19(14(2)3)24-28-4/h7-10,12-14H,5-6,11H2,1-4H3. The number of ether oxygens (including phenoxy) is 1. The molecule has 0 aliphatic carbocycles. The first-order valence-electron chi connectivity index (χ1n) is 9.86. The summed E-state index contributed by atoms with van der Waals surface area (Å²) in [6.45, 7) is 6.34. The van der Waals surface area contributed by atoms with Crippen molar-refractivity contribution in [1.29, 1.82) is 0 Å². The molecule has 3 rings (SSSR count). The predicted molar refractivity (Wildman–Crippen MR) is 118 cm³/mol. The molecule has 0 atom stereocenters. The zero-order chi connectivity index (χ0) is 21.7. The summed E-state index contributed by atoms with van der Waals surface area (Å²) in [5, 5.41) is 6.84. The number of rotatable bonds is 8. The summed E-state index contributed by atoms with van der Waals surface area (Å²) in [6, 6.07) is 7.27. The maximum atomic E-state index is 13.2. The number of unbranched alkanes of at least 4 members (excludes halogenated alkanes) is 1. The van der Waals surface area contributed by atoms with E-state index < -0.39 is 6.09 Å². The van der Waals surface area contributed by atoms with Crippen LogP contribution in [0.25, 0.3) is 10.9 Å². The molecule has 3 aromatic rings. The first-order valence-corrected chi connectivity index (χ1v) is 10.7. The molecule has 8 heteroatoms. The SMILES string of the molecule is CCCCOC(=O)n1cc(C(=O)c2nc(C(=NOC)C(C)C)cs2)c2ccccc21. The van der Waals surface area contributed by atoms with Gasteiger partial charge in [-0.15, -0.1) is 11.3 Å². The lowest BCUT2D eigenvalue weighted by atomic mass is 10.1. The van der Waals surface area contributed by atoms with Crippen molar-refractivity contribution in [2.45, 2.75) is 33.6 Å². The number of ketones is 1. The van der Waals surface area contributed by atoms with Crippen molar-refractivity contribution < 1.29 is 19.2 Å². The highest BCUT2D eigenvalue weighted by molar-refractivity contribution is 7.12. The molecule has 2 heterocycles. The Morgan fingerprint density at radius 3 is 2.73 bits per heavy atom. The summed E-state index contributed by atoms with van der Waals surface area (Å²) >= 11 is 1.24. The summed E-state index contributed by atoms with van der Waals surface area (Å²) < 4.78 is 6.72. The fraction of sp³-hybridized carbons (Fsp3) is 0.364. The molecule has 0 fully saturated rings. The Hall–Kier alpha value is -3.00. The quantitative estimate of drug-likeness (QED) is 0.216. The number of oxime groups is 1. The highest BCUT2D eigenvalue weighted by atomic mass is 32.1. The van der Waals surface area contributed by atoms with Crippen LogP contribution in [0, 0.1) is 5.92 Å². The first-order chi connectivity index (χ1) is 14.5. The maximum absolute atomic E-state index is 13.2. The molecule has 0 saturated heterocycles. The highest BCUT2D eigenvalue weighted by Gasteiger charge is 2.23. The minimum atomic E-state index is -0.493. The van der Waals surface area contributed by atoms with E-state index in [4.69, 9.17) is 9.57 Å². The van der Waals surface area contributed by atoms with Crippen LogP contribution in [0.4, 0.5) is 4.79 Å². The molecular weight excluding hydrogens is 402 g/mol. The number of carbonyl (C=O) groups is 2. The molecule has 1 aromatic carbocycles. The molecule has 0 N–H and O–H groups in total. The molecule has 0 unspecified atom stereocenters. The Kier molecular flexibility index (Phi) is 6.99. The monoisotopic (exact) mass is 427 g/mol. The van der Waals surface area contributed by atoms with Gasteiger partial charge in [-0.3, -0.25) is 9.36 Å². The molecule has 158 valence electrons. The van der Waals surface area contributed by atoms with Crippen LogP contribution in [0.5, 0.6) is 0 Å². The van der Waals surface area contributed by atoms with Gasteiger partial charge in [0.15, 0.2) is 5.01 Å². The normalized spacial score (nSPS) is 11.8. The lowest BCUT2D eigenvalue weighted by molar-refractivity contribution is 0.103. The van der Waals surface area contributed by atoms with Gasteiger partial charge in [0.2, 0.25) is 5.78 Å². The zero-order valence-corrected chi connectivity index (χ0v) is 18.4. The number of aromatic nitrogens is 2.